The van der Waals surface area contributed by atoms with Crippen LogP contribution in [-0.4, -0.2) is 42.0 Å². The van der Waals surface area contributed by atoms with E-state index in [9.17, 15) is 4.79 Å². The summed E-state index contributed by atoms with van der Waals surface area (Å²) < 4.78 is 0. The quantitative estimate of drug-likeness (QED) is 0.894. The Morgan fingerprint density at radius 3 is 2.72 bits per heavy atom. The first-order valence-corrected chi connectivity index (χ1v) is 9.97. The third-order valence-electron chi connectivity index (χ3n) is 5.78. The van der Waals surface area contributed by atoms with Crippen molar-refractivity contribution < 1.29 is 4.79 Å². The van der Waals surface area contributed by atoms with Gasteiger partial charge in [0.2, 0.25) is 0 Å². The molecule has 2 saturated heterocycles. The summed E-state index contributed by atoms with van der Waals surface area (Å²) in [6, 6.07) is 6.37. The highest BCUT2D eigenvalue weighted by molar-refractivity contribution is 7.13. The zero-order valence-electron chi connectivity index (χ0n) is 15.0. The van der Waals surface area contributed by atoms with Crippen LogP contribution < -0.4 is 5.32 Å². The lowest BCUT2D eigenvalue weighted by molar-refractivity contribution is 0.0603. The van der Waals surface area contributed by atoms with E-state index in [0.29, 0.717) is 11.1 Å². The summed E-state index contributed by atoms with van der Waals surface area (Å²) in [5.41, 5.74) is 4.62. The number of aryl methyl sites for hydroxylation is 2. The maximum absolute atomic E-state index is 12.8. The Hall–Kier alpha value is -1.72. The van der Waals surface area contributed by atoms with Crippen molar-refractivity contribution in [2.24, 2.45) is 5.41 Å². The standard InChI is InChI=1S/C20H25N3OS/c1-14-3-4-16(15(2)11-14)18-22-17(12-25-18)19(24)23-9-6-20(7-10-23)5-8-21-13-20/h3-4,11-12,21H,5-10,13H2,1-2H3. The molecule has 1 aromatic carbocycles. The van der Waals surface area contributed by atoms with Gasteiger partial charge in [0.25, 0.3) is 5.91 Å². The minimum atomic E-state index is 0.0908. The van der Waals surface area contributed by atoms with Crippen LogP contribution in [0.5, 0.6) is 0 Å². The van der Waals surface area contributed by atoms with Crippen LogP contribution in [0, 0.1) is 19.3 Å². The van der Waals surface area contributed by atoms with Crippen LogP contribution in [0.1, 0.15) is 40.9 Å². The summed E-state index contributed by atoms with van der Waals surface area (Å²) in [5.74, 6) is 0.0908. The van der Waals surface area contributed by atoms with Crippen LogP contribution in [0.15, 0.2) is 23.6 Å². The lowest BCUT2D eigenvalue weighted by Crippen LogP contribution is -2.44. The number of aromatic nitrogens is 1. The summed E-state index contributed by atoms with van der Waals surface area (Å²) in [6.07, 6.45) is 3.47. The third kappa shape index (κ3) is 3.23. The Balaban J connectivity index is 1.47. The second-order valence-corrected chi connectivity index (χ2v) is 8.43. The third-order valence-corrected chi connectivity index (χ3v) is 6.65. The van der Waals surface area contributed by atoms with E-state index in [-0.39, 0.29) is 5.91 Å². The highest BCUT2D eigenvalue weighted by Crippen LogP contribution is 2.37. The zero-order valence-corrected chi connectivity index (χ0v) is 15.8. The minimum Gasteiger partial charge on any atom is -0.337 e. The minimum absolute atomic E-state index is 0.0908. The van der Waals surface area contributed by atoms with Crippen molar-refractivity contribution in [2.75, 3.05) is 26.2 Å². The fraction of sp³-hybridized carbons (Fsp3) is 0.500. The van der Waals surface area contributed by atoms with Gasteiger partial charge in [-0.05, 0) is 50.6 Å². The summed E-state index contributed by atoms with van der Waals surface area (Å²) in [7, 11) is 0. The molecule has 0 unspecified atom stereocenters. The van der Waals surface area contributed by atoms with Gasteiger partial charge in [-0.2, -0.15) is 0 Å². The lowest BCUT2D eigenvalue weighted by Gasteiger charge is -2.38. The monoisotopic (exact) mass is 355 g/mol. The average molecular weight is 356 g/mol. The molecule has 4 nitrogen and oxygen atoms in total. The largest absolute Gasteiger partial charge is 0.337 e. The van der Waals surface area contributed by atoms with Crippen LogP contribution in [0.3, 0.4) is 0 Å². The van der Waals surface area contributed by atoms with E-state index in [1.807, 2.05) is 10.3 Å². The smallest absolute Gasteiger partial charge is 0.273 e. The maximum atomic E-state index is 12.8. The number of hydrogen-bond acceptors (Lipinski definition) is 4. The van der Waals surface area contributed by atoms with Gasteiger partial charge in [0.1, 0.15) is 10.7 Å². The van der Waals surface area contributed by atoms with Crippen LogP contribution in [0.4, 0.5) is 0 Å². The fourth-order valence-corrected chi connectivity index (χ4v) is 5.00. The summed E-state index contributed by atoms with van der Waals surface area (Å²) >= 11 is 1.57. The van der Waals surface area contributed by atoms with Crippen molar-refractivity contribution in [1.82, 2.24) is 15.2 Å². The molecule has 0 aliphatic carbocycles. The SMILES string of the molecule is Cc1ccc(-c2nc(C(=O)N3CCC4(CCNC4)CC3)cs2)c(C)c1. The number of piperidine rings is 1. The molecule has 3 heterocycles. The number of rotatable bonds is 2. The van der Waals surface area contributed by atoms with Crippen molar-refractivity contribution >= 4 is 17.2 Å². The van der Waals surface area contributed by atoms with Gasteiger partial charge in [-0.25, -0.2) is 4.98 Å². The van der Waals surface area contributed by atoms with E-state index in [1.54, 1.807) is 11.3 Å². The molecule has 0 saturated carbocycles. The van der Waals surface area contributed by atoms with Crippen LogP contribution in [-0.2, 0) is 0 Å². The predicted octanol–water partition coefficient (Wildman–Crippen LogP) is 3.64. The Kier molecular flexibility index (Phi) is 4.38. The van der Waals surface area contributed by atoms with Crippen molar-refractivity contribution in [3.05, 3.63) is 40.4 Å². The van der Waals surface area contributed by atoms with Crippen molar-refractivity contribution in [1.29, 1.82) is 0 Å². The summed E-state index contributed by atoms with van der Waals surface area (Å²) in [6.45, 7) is 8.15. The fourth-order valence-electron chi connectivity index (χ4n) is 4.12. The number of carbonyl (C=O) groups is 1. The van der Waals surface area contributed by atoms with Gasteiger partial charge in [-0.1, -0.05) is 23.8 Å². The molecule has 0 radical (unpaired) electrons. The topological polar surface area (TPSA) is 45.2 Å². The number of hydrogen-bond donors (Lipinski definition) is 1. The second-order valence-electron chi connectivity index (χ2n) is 7.58. The molecule has 25 heavy (non-hydrogen) atoms. The van der Waals surface area contributed by atoms with Gasteiger partial charge in [0.15, 0.2) is 0 Å². The van der Waals surface area contributed by atoms with Crippen LogP contribution >= 0.6 is 11.3 Å². The Bertz CT molecular complexity index is 782. The van der Waals surface area contributed by atoms with Gasteiger partial charge in [0.05, 0.1) is 0 Å². The maximum Gasteiger partial charge on any atom is 0.273 e. The van der Waals surface area contributed by atoms with E-state index in [0.717, 1.165) is 49.6 Å². The molecule has 1 amide bonds. The van der Waals surface area contributed by atoms with E-state index in [4.69, 9.17) is 0 Å². The predicted molar refractivity (Wildman–Crippen MR) is 102 cm³/mol. The molecule has 0 atom stereocenters. The highest BCUT2D eigenvalue weighted by atomic mass is 32.1. The first-order valence-electron chi connectivity index (χ1n) is 9.10. The number of thiazole rings is 1. The molecule has 2 aliphatic heterocycles. The van der Waals surface area contributed by atoms with Gasteiger partial charge in [-0.15, -0.1) is 11.3 Å². The molecule has 1 N–H and O–H groups in total. The first-order chi connectivity index (χ1) is 12.1. The molecule has 5 heteroatoms. The number of carbonyl (C=O) groups excluding carboxylic acids is 1. The average Bonchev–Trinajstić information content (AvgIpc) is 3.25. The molecule has 1 spiro atoms. The molecule has 0 bridgehead atoms. The Morgan fingerprint density at radius 2 is 2.04 bits per heavy atom. The molecule has 2 aliphatic rings. The molecular formula is C20H25N3OS. The van der Waals surface area contributed by atoms with E-state index < -0.39 is 0 Å². The van der Waals surface area contributed by atoms with E-state index in [1.165, 1.54) is 17.5 Å². The zero-order chi connectivity index (χ0) is 17.4. The van der Waals surface area contributed by atoms with Crippen molar-refractivity contribution in [3.8, 4) is 10.6 Å². The lowest BCUT2D eigenvalue weighted by atomic mass is 9.78. The number of benzene rings is 1. The number of nitrogens with zero attached hydrogens (tertiary/aromatic N) is 2. The van der Waals surface area contributed by atoms with Crippen molar-refractivity contribution in [2.45, 2.75) is 33.1 Å². The first kappa shape index (κ1) is 16.7. The number of amides is 1. The number of likely N-dealkylation sites (tertiary alicyclic amines) is 1. The van der Waals surface area contributed by atoms with Crippen LogP contribution in [0.25, 0.3) is 10.6 Å². The van der Waals surface area contributed by atoms with Gasteiger partial charge < -0.3 is 10.2 Å². The summed E-state index contributed by atoms with van der Waals surface area (Å²) in [4.78, 5) is 19.5. The molecule has 2 aromatic rings. The normalized spacial score (nSPS) is 19.5. The highest BCUT2D eigenvalue weighted by Gasteiger charge is 2.38. The Labute approximate surface area is 153 Å². The summed E-state index contributed by atoms with van der Waals surface area (Å²) in [5, 5.41) is 6.33. The van der Waals surface area contributed by atoms with Gasteiger partial charge in [-0.3, -0.25) is 4.79 Å². The molecule has 2 fully saturated rings. The molecular weight excluding hydrogens is 330 g/mol. The second kappa shape index (κ2) is 6.54. The van der Waals surface area contributed by atoms with Crippen LogP contribution in [0.2, 0.25) is 0 Å². The Morgan fingerprint density at radius 1 is 1.24 bits per heavy atom. The molecule has 132 valence electrons. The molecule has 1 aromatic heterocycles. The van der Waals surface area contributed by atoms with Gasteiger partial charge in [0, 0.05) is 30.6 Å². The van der Waals surface area contributed by atoms with Gasteiger partial charge >= 0.3 is 0 Å². The van der Waals surface area contributed by atoms with E-state index in [2.05, 4.69) is 42.3 Å². The molecule has 4 rings (SSSR count). The number of nitrogens with one attached hydrogen (secondary N) is 1. The van der Waals surface area contributed by atoms with E-state index >= 15 is 0 Å². The van der Waals surface area contributed by atoms with Crippen molar-refractivity contribution in [3.63, 3.8) is 0 Å².